The molecular formula is C29H28FN3O3. The van der Waals surface area contributed by atoms with Gasteiger partial charge in [-0.25, -0.2) is 9.37 Å². The monoisotopic (exact) mass is 485 g/mol. The quantitative estimate of drug-likeness (QED) is 0.250. The summed E-state index contributed by atoms with van der Waals surface area (Å²) >= 11 is 0. The third-order valence-electron chi connectivity index (χ3n) is 5.49. The van der Waals surface area contributed by atoms with Crippen molar-refractivity contribution in [3.63, 3.8) is 0 Å². The average Bonchev–Trinajstić information content (AvgIpc) is 2.86. The van der Waals surface area contributed by atoms with Crippen LogP contribution < -0.4 is 5.32 Å². The normalized spacial score (nSPS) is 12.4. The molecule has 0 saturated carbocycles. The number of halogens is 1. The van der Waals surface area contributed by atoms with E-state index in [0.29, 0.717) is 40.4 Å². The van der Waals surface area contributed by atoms with Gasteiger partial charge in [-0.3, -0.25) is 4.79 Å². The number of carboxylic acids is 1. The molecule has 1 unspecified atom stereocenters. The molecule has 6 nitrogen and oxygen atoms in total. The van der Waals surface area contributed by atoms with E-state index in [-0.39, 0.29) is 11.3 Å². The first-order valence-corrected chi connectivity index (χ1v) is 11.5. The van der Waals surface area contributed by atoms with E-state index in [0.717, 1.165) is 11.1 Å². The van der Waals surface area contributed by atoms with Gasteiger partial charge in [-0.1, -0.05) is 57.3 Å². The number of nitrogens with one attached hydrogen (secondary N) is 1. The predicted octanol–water partition coefficient (Wildman–Crippen LogP) is 6.55. The number of aliphatic carboxylic acids is 1. The van der Waals surface area contributed by atoms with Gasteiger partial charge >= 0.3 is 5.97 Å². The van der Waals surface area contributed by atoms with Gasteiger partial charge in [0.1, 0.15) is 29.3 Å². The molecule has 184 valence electrons. The number of nitriles is 1. The molecule has 0 aliphatic heterocycles. The molecule has 0 radical (unpaired) electrons. The van der Waals surface area contributed by atoms with Gasteiger partial charge in [0.15, 0.2) is 0 Å². The van der Waals surface area contributed by atoms with E-state index in [1.54, 1.807) is 12.2 Å². The maximum absolute atomic E-state index is 14.0. The van der Waals surface area contributed by atoms with Crippen molar-refractivity contribution >= 4 is 28.1 Å². The van der Waals surface area contributed by atoms with Crippen LogP contribution in [0.1, 0.15) is 31.9 Å². The van der Waals surface area contributed by atoms with Crippen LogP contribution in [0.3, 0.4) is 0 Å². The highest BCUT2D eigenvalue weighted by atomic mass is 19.1. The van der Waals surface area contributed by atoms with Gasteiger partial charge in [0, 0.05) is 16.5 Å². The maximum atomic E-state index is 14.0. The van der Waals surface area contributed by atoms with E-state index in [1.807, 2.05) is 24.3 Å². The zero-order chi connectivity index (χ0) is 26.4. The lowest BCUT2D eigenvalue weighted by Gasteiger charge is -2.18. The molecule has 0 bridgehead atoms. The molecule has 1 heterocycles. The number of nitrogens with zero attached hydrogens (tertiary/aromatic N) is 2. The first-order valence-electron chi connectivity index (χ1n) is 11.5. The number of aromatic nitrogens is 1. The van der Waals surface area contributed by atoms with Crippen LogP contribution in [0, 0.1) is 23.1 Å². The third kappa shape index (κ3) is 5.61. The number of ether oxygens (including phenoxy) is 1. The molecule has 3 aromatic rings. The Kier molecular flexibility index (Phi) is 8.23. The first-order chi connectivity index (χ1) is 17.2. The van der Waals surface area contributed by atoms with Gasteiger partial charge < -0.3 is 15.2 Å². The van der Waals surface area contributed by atoms with Crippen LogP contribution >= 0.6 is 0 Å². The van der Waals surface area contributed by atoms with Gasteiger partial charge in [0.2, 0.25) is 0 Å². The third-order valence-corrected chi connectivity index (χ3v) is 5.49. The molecule has 1 atom stereocenters. The van der Waals surface area contributed by atoms with Crippen molar-refractivity contribution in [1.82, 2.24) is 4.98 Å². The summed E-state index contributed by atoms with van der Waals surface area (Å²) in [6.45, 7) is 13.9. The molecular weight excluding hydrogens is 457 g/mol. The minimum Gasteiger partial charge on any atom is -0.493 e. The maximum Gasteiger partial charge on any atom is 0.325 e. The number of carboxylic acid groups (broad SMARTS) is 1. The summed E-state index contributed by atoms with van der Waals surface area (Å²) in [6, 6.07) is 12.5. The number of rotatable bonds is 10. The topological polar surface area (TPSA) is 95.2 Å². The Morgan fingerprint density at radius 3 is 2.44 bits per heavy atom. The Labute approximate surface area is 210 Å². The second-order valence-corrected chi connectivity index (χ2v) is 8.66. The highest BCUT2D eigenvalue weighted by Crippen LogP contribution is 2.35. The largest absolute Gasteiger partial charge is 0.493 e. The van der Waals surface area contributed by atoms with Crippen LogP contribution in [0.5, 0.6) is 0 Å². The van der Waals surface area contributed by atoms with Crippen molar-refractivity contribution in [3.8, 4) is 17.3 Å². The van der Waals surface area contributed by atoms with E-state index in [9.17, 15) is 19.6 Å². The van der Waals surface area contributed by atoms with Crippen LogP contribution in [0.15, 0.2) is 73.5 Å². The standard InChI is InChI=1S/C29H28FN3O3/c1-6-22(26(7-2)36-16-17(3)4)19-8-10-20(11-9-19)27-24(15-31)28(32-18(5)29(34)35)23-14-21(30)12-13-25(23)33-27/h6-14,17-18H,1-2,16H2,3-5H3,(H,32,33)(H,34,35)/b26-22-. The molecule has 1 aromatic heterocycles. The zero-order valence-corrected chi connectivity index (χ0v) is 20.5. The van der Waals surface area contributed by atoms with Crippen molar-refractivity contribution in [2.45, 2.75) is 26.8 Å². The number of pyridine rings is 1. The van der Waals surface area contributed by atoms with Crippen LogP contribution in [0.25, 0.3) is 27.7 Å². The number of anilines is 1. The molecule has 36 heavy (non-hydrogen) atoms. The van der Waals surface area contributed by atoms with Crippen molar-refractivity contribution < 1.29 is 19.0 Å². The fourth-order valence-electron chi connectivity index (χ4n) is 3.65. The van der Waals surface area contributed by atoms with E-state index in [4.69, 9.17) is 4.74 Å². The molecule has 2 N–H and O–H groups in total. The fraction of sp³-hybridized carbons (Fsp3) is 0.207. The molecule has 0 aliphatic carbocycles. The molecule has 3 rings (SSSR count). The van der Waals surface area contributed by atoms with Crippen LogP contribution in [0.2, 0.25) is 0 Å². The fourth-order valence-corrected chi connectivity index (χ4v) is 3.65. The summed E-state index contributed by atoms with van der Waals surface area (Å²) in [5.41, 5.74) is 3.38. The second kappa shape index (κ2) is 11.3. The minimum absolute atomic E-state index is 0.125. The summed E-state index contributed by atoms with van der Waals surface area (Å²) in [5.74, 6) is -0.661. The van der Waals surface area contributed by atoms with Gasteiger partial charge in [0.05, 0.1) is 23.5 Å². The first kappa shape index (κ1) is 26.2. The molecule has 0 aliphatic rings. The summed E-state index contributed by atoms with van der Waals surface area (Å²) < 4.78 is 19.9. The lowest BCUT2D eigenvalue weighted by molar-refractivity contribution is -0.137. The zero-order valence-electron chi connectivity index (χ0n) is 20.5. The van der Waals surface area contributed by atoms with Gasteiger partial charge in [-0.2, -0.15) is 5.26 Å². The molecule has 0 saturated heterocycles. The number of allylic oxidation sites excluding steroid dienone is 3. The number of hydrogen-bond donors (Lipinski definition) is 2. The molecule has 0 fully saturated rings. The van der Waals surface area contributed by atoms with Gasteiger partial charge in [-0.05, 0) is 42.7 Å². The summed E-state index contributed by atoms with van der Waals surface area (Å²) in [6.07, 6.45) is 3.35. The number of benzene rings is 2. The number of hydrogen-bond acceptors (Lipinski definition) is 5. The predicted molar refractivity (Wildman–Crippen MR) is 141 cm³/mol. The van der Waals surface area contributed by atoms with Crippen LogP contribution in [-0.2, 0) is 9.53 Å². The average molecular weight is 486 g/mol. The van der Waals surface area contributed by atoms with E-state index in [1.165, 1.54) is 25.1 Å². The molecule has 7 heteroatoms. The van der Waals surface area contributed by atoms with Gasteiger partial charge in [-0.15, -0.1) is 0 Å². The van der Waals surface area contributed by atoms with Gasteiger partial charge in [0.25, 0.3) is 0 Å². The van der Waals surface area contributed by atoms with E-state index >= 15 is 0 Å². The summed E-state index contributed by atoms with van der Waals surface area (Å²) in [5, 5.41) is 22.6. The van der Waals surface area contributed by atoms with Crippen molar-refractivity contribution in [2.75, 3.05) is 11.9 Å². The molecule has 0 spiro atoms. The Hall–Kier alpha value is -4.44. The summed E-state index contributed by atoms with van der Waals surface area (Å²) in [7, 11) is 0. The van der Waals surface area contributed by atoms with Crippen LogP contribution in [0.4, 0.5) is 10.1 Å². The minimum atomic E-state index is -1.10. The highest BCUT2D eigenvalue weighted by molar-refractivity contribution is 5.99. The highest BCUT2D eigenvalue weighted by Gasteiger charge is 2.21. The Balaban J connectivity index is 2.16. The lowest BCUT2D eigenvalue weighted by atomic mass is 9.97. The van der Waals surface area contributed by atoms with Crippen molar-refractivity contribution in [2.24, 2.45) is 5.92 Å². The van der Waals surface area contributed by atoms with Crippen LogP contribution in [-0.4, -0.2) is 28.7 Å². The second-order valence-electron chi connectivity index (χ2n) is 8.66. The number of carbonyl (C=O) groups is 1. The number of fused-ring (bicyclic) bond motifs is 1. The molecule has 0 amide bonds. The molecule has 2 aromatic carbocycles. The lowest BCUT2D eigenvalue weighted by Crippen LogP contribution is -2.26. The SMILES string of the molecule is C=C/C(OCC(C)C)=C(\C=C)c1ccc(-c2nc3ccc(F)cc3c(NC(C)C(=O)O)c2C#N)cc1. The van der Waals surface area contributed by atoms with Crippen molar-refractivity contribution in [3.05, 3.63) is 90.5 Å². The van der Waals surface area contributed by atoms with E-state index in [2.05, 4.69) is 43.4 Å². The Bertz CT molecular complexity index is 1390. The van der Waals surface area contributed by atoms with E-state index < -0.39 is 17.8 Å². The van der Waals surface area contributed by atoms with Crippen molar-refractivity contribution in [1.29, 1.82) is 5.26 Å². The smallest absolute Gasteiger partial charge is 0.325 e. The summed E-state index contributed by atoms with van der Waals surface area (Å²) in [4.78, 5) is 16.1. The Morgan fingerprint density at radius 2 is 1.89 bits per heavy atom. The Morgan fingerprint density at radius 1 is 1.19 bits per heavy atom.